The molecule has 20 N–H and O–H groups in total. The zero-order valence-corrected chi connectivity index (χ0v) is 55.0. The van der Waals surface area contributed by atoms with Gasteiger partial charge in [0.2, 0.25) is 47.3 Å². The fraction of sp³-hybridized carbons (Fsp3) is 0.636. The van der Waals surface area contributed by atoms with Gasteiger partial charge in [0.15, 0.2) is 17.3 Å². The van der Waals surface area contributed by atoms with Crippen LogP contribution in [0.2, 0.25) is 0 Å². The van der Waals surface area contributed by atoms with E-state index in [0.717, 1.165) is 19.3 Å². The van der Waals surface area contributed by atoms with E-state index in [1.54, 1.807) is 68.4 Å². The van der Waals surface area contributed by atoms with Crippen molar-refractivity contribution >= 4 is 70.4 Å². The summed E-state index contributed by atoms with van der Waals surface area (Å²) >= 11 is 0. The van der Waals surface area contributed by atoms with E-state index < -0.39 is 157 Å². The van der Waals surface area contributed by atoms with Crippen LogP contribution in [0.15, 0.2) is 54.6 Å². The summed E-state index contributed by atoms with van der Waals surface area (Å²) in [5, 5.41) is 42.6. The van der Waals surface area contributed by atoms with E-state index in [4.69, 9.17) is 28.7 Å². The van der Waals surface area contributed by atoms with Gasteiger partial charge in [-0.05, 0) is 122 Å². The molecular formula is C66H105N13O14. The van der Waals surface area contributed by atoms with Gasteiger partial charge < -0.3 is 81.4 Å². The molecule has 0 radical (unpaired) electrons. The van der Waals surface area contributed by atoms with E-state index in [2.05, 4.69) is 56.4 Å². The highest BCUT2D eigenvalue weighted by Gasteiger charge is 2.38. The molecule has 27 heteroatoms. The van der Waals surface area contributed by atoms with E-state index in [-0.39, 0.29) is 108 Å². The van der Waals surface area contributed by atoms with Crippen molar-refractivity contribution in [1.82, 2.24) is 42.5 Å². The number of unbranched alkanes of at least 4 members (excludes halogenated alkanes) is 1. The van der Waals surface area contributed by atoms with Gasteiger partial charge in [-0.25, -0.2) is 0 Å². The highest BCUT2D eigenvalue weighted by Crippen LogP contribution is 2.22. The van der Waals surface area contributed by atoms with Crippen LogP contribution in [0.3, 0.4) is 0 Å². The molecule has 2 aromatic carbocycles. The zero-order valence-electron chi connectivity index (χ0n) is 55.0. The van der Waals surface area contributed by atoms with Gasteiger partial charge in [-0.1, -0.05) is 102 Å². The summed E-state index contributed by atoms with van der Waals surface area (Å²) in [6.45, 7) is 9.23. The topological polar surface area (TPSA) is 472 Å². The van der Waals surface area contributed by atoms with Crippen molar-refractivity contribution < 1.29 is 67.7 Å². The summed E-state index contributed by atoms with van der Waals surface area (Å²) in [5.74, 6) is -12.2. The lowest BCUT2D eigenvalue weighted by Gasteiger charge is -2.28. The molecule has 8 amide bonds. The highest BCUT2D eigenvalue weighted by atomic mass is 16.3. The number of rotatable bonds is 33. The number of nitrogens with one attached hydrogen (secondary N) is 8. The Balaban J connectivity index is 2.13. The standard InChI is InChI=1S/C66H105N13O14/c1-7-39(4)13-11-12-16-48(82)35-45(21-27-67)60(87)78-56(40(5)80)55(84)36-46(22-28-68)59(86)74-52-26-32-72-66(93)57(41(6)81)79-64(91)51(25-31-71)75-62(89)50(24-30-70)76-65(92)53(33-38(2)3)77-61(88)47(37-54(83)49(23-29-69)73-63(52)90)34-42-17-19-44(20-18-42)58(85)43-14-9-8-10-15-43/h8-10,14-15,17-20,38-41,45-47,49-53,56-57,80-81H,7,11-13,16,21-37,67-71H2,1-6H3,(H,72,93)(H,73,90)(H,74,86)(H,75,89)(H,76,92)(H,77,88)(H,78,87)(H,79,91)/t39-,40+,41+,45+,46+,47-,49-,50-,51-,52-,53-,56-,57-/m0/s1. The molecule has 0 spiro atoms. The maximum absolute atomic E-state index is 14.8. The molecule has 93 heavy (non-hydrogen) atoms. The number of aliphatic hydroxyl groups excluding tert-OH is 2. The molecule has 3 rings (SSSR count). The minimum Gasteiger partial charge on any atom is -0.391 e. The first-order chi connectivity index (χ1) is 44.2. The Morgan fingerprint density at radius 3 is 1.68 bits per heavy atom. The molecule has 13 atom stereocenters. The summed E-state index contributed by atoms with van der Waals surface area (Å²) in [5.41, 5.74) is 31.0. The van der Waals surface area contributed by atoms with Gasteiger partial charge in [0.1, 0.15) is 42.0 Å². The van der Waals surface area contributed by atoms with Crippen molar-refractivity contribution in [2.24, 2.45) is 58.3 Å². The molecule has 1 heterocycles. The van der Waals surface area contributed by atoms with E-state index >= 15 is 0 Å². The van der Waals surface area contributed by atoms with Crippen molar-refractivity contribution in [3.8, 4) is 0 Å². The molecule has 1 aliphatic rings. The van der Waals surface area contributed by atoms with Gasteiger partial charge >= 0.3 is 0 Å². The van der Waals surface area contributed by atoms with E-state index in [1.807, 2.05) is 0 Å². The van der Waals surface area contributed by atoms with Crippen LogP contribution in [0, 0.1) is 29.6 Å². The second kappa shape index (κ2) is 42.0. The number of carbonyl (C=O) groups excluding carboxylic acids is 12. The summed E-state index contributed by atoms with van der Waals surface area (Å²) in [6.07, 6.45) is -1.83. The summed E-state index contributed by atoms with van der Waals surface area (Å²) in [7, 11) is 0. The zero-order chi connectivity index (χ0) is 69.3. The van der Waals surface area contributed by atoms with E-state index in [1.165, 1.54) is 13.8 Å². The van der Waals surface area contributed by atoms with E-state index in [9.17, 15) is 67.7 Å². The number of aliphatic hydroxyl groups is 2. The first-order valence-corrected chi connectivity index (χ1v) is 32.7. The molecular weight excluding hydrogens is 1200 g/mol. The molecule has 1 saturated heterocycles. The van der Waals surface area contributed by atoms with Crippen LogP contribution >= 0.6 is 0 Å². The fourth-order valence-electron chi connectivity index (χ4n) is 10.9. The molecule has 0 aromatic heterocycles. The lowest BCUT2D eigenvalue weighted by molar-refractivity contribution is -0.137. The number of carbonyl (C=O) groups is 12. The predicted octanol–water partition coefficient (Wildman–Crippen LogP) is -0.742. The minimum atomic E-state index is -1.69. The number of hydrogen-bond donors (Lipinski definition) is 15. The van der Waals surface area contributed by atoms with Crippen LogP contribution in [0.4, 0.5) is 0 Å². The van der Waals surface area contributed by atoms with Crippen LogP contribution in [0.25, 0.3) is 0 Å². The van der Waals surface area contributed by atoms with Gasteiger partial charge in [-0.15, -0.1) is 0 Å². The third kappa shape index (κ3) is 27.6. The van der Waals surface area contributed by atoms with Gasteiger partial charge in [-0.3, -0.25) is 57.5 Å². The number of hydrogen-bond acceptors (Lipinski definition) is 19. The highest BCUT2D eigenvalue weighted by molar-refractivity contribution is 6.09. The molecule has 27 nitrogen and oxygen atoms in total. The van der Waals surface area contributed by atoms with Crippen molar-refractivity contribution in [2.75, 3.05) is 39.3 Å². The molecule has 2 aromatic rings. The normalized spacial score (nSPS) is 22.0. The largest absolute Gasteiger partial charge is 0.391 e. The molecule has 1 aliphatic heterocycles. The van der Waals surface area contributed by atoms with Gasteiger partial charge in [0, 0.05) is 61.1 Å². The van der Waals surface area contributed by atoms with Crippen LogP contribution in [0.5, 0.6) is 0 Å². The molecule has 0 unspecified atom stereocenters. The number of nitrogens with two attached hydrogens (primary N) is 5. The lowest BCUT2D eigenvalue weighted by Crippen LogP contribution is -2.60. The summed E-state index contributed by atoms with van der Waals surface area (Å²) in [6, 6.07) is 4.46. The third-order valence-corrected chi connectivity index (χ3v) is 16.6. The Morgan fingerprint density at radius 2 is 1.13 bits per heavy atom. The lowest BCUT2D eigenvalue weighted by atomic mass is 9.89. The molecule has 518 valence electrons. The Morgan fingerprint density at radius 1 is 0.591 bits per heavy atom. The maximum Gasteiger partial charge on any atom is 0.245 e. The number of ketones is 4. The Labute approximate surface area is 546 Å². The number of Topliss-reactive ketones (excluding diaryl/α,β-unsaturated/α-hetero) is 3. The number of benzene rings is 2. The molecule has 1 fully saturated rings. The maximum atomic E-state index is 14.8. The Bertz CT molecular complexity index is 2770. The Kier molecular flexibility index (Phi) is 36.1. The first-order valence-electron chi connectivity index (χ1n) is 32.7. The average molecular weight is 1300 g/mol. The van der Waals surface area contributed by atoms with E-state index in [0.29, 0.717) is 29.0 Å². The second-order valence-electron chi connectivity index (χ2n) is 24.9. The smallest absolute Gasteiger partial charge is 0.245 e. The van der Waals surface area contributed by atoms with Crippen LogP contribution in [0.1, 0.15) is 159 Å². The average Bonchev–Trinajstić information content (AvgIpc) is 2.28. The third-order valence-electron chi connectivity index (χ3n) is 16.6. The van der Waals surface area contributed by atoms with Crippen molar-refractivity contribution in [3.05, 3.63) is 71.3 Å². The molecule has 0 bridgehead atoms. The van der Waals surface area contributed by atoms with Gasteiger partial charge in [0.25, 0.3) is 0 Å². The van der Waals surface area contributed by atoms with Gasteiger partial charge in [-0.2, -0.15) is 0 Å². The second-order valence-corrected chi connectivity index (χ2v) is 24.9. The first kappa shape index (κ1) is 79.8. The monoisotopic (exact) mass is 1300 g/mol. The van der Waals surface area contributed by atoms with Gasteiger partial charge in [0.05, 0.1) is 18.2 Å². The van der Waals surface area contributed by atoms with Crippen LogP contribution < -0.4 is 71.2 Å². The van der Waals surface area contributed by atoms with Crippen molar-refractivity contribution in [1.29, 1.82) is 0 Å². The molecule has 0 aliphatic carbocycles. The summed E-state index contributed by atoms with van der Waals surface area (Å²) < 4.78 is 0. The van der Waals surface area contributed by atoms with Crippen molar-refractivity contribution in [3.63, 3.8) is 0 Å². The van der Waals surface area contributed by atoms with Crippen molar-refractivity contribution in [2.45, 2.75) is 199 Å². The van der Waals surface area contributed by atoms with Crippen LogP contribution in [-0.4, -0.2) is 174 Å². The number of amides is 8. The van der Waals surface area contributed by atoms with Crippen LogP contribution in [-0.2, 0) is 59.2 Å². The fourth-order valence-corrected chi connectivity index (χ4v) is 10.9. The Hall–Kier alpha value is -7.40. The summed E-state index contributed by atoms with van der Waals surface area (Å²) in [4.78, 5) is 169. The SMILES string of the molecule is CC[C@H](C)CCCCC(=O)C[C@@H](CCN)C(=O)N[C@H](C(=O)C[C@@H](CCN)C(=O)N[C@H]1CCNC(=O)[C@H]([C@@H](C)O)NC(=O)[C@H](CCN)NC(=O)[C@H](CCN)NC(=O)[C@H](CC(C)C)NC(=O)[C@@H](Cc2ccc(C(=O)c3ccccc3)cc2)CC(=O)[C@H](CCN)NC1=O)[C@@H](C)O. The quantitative estimate of drug-likeness (QED) is 0.0309. The molecule has 0 saturated carbocycles. The predicted molar refractivity (Wildman–Crippen MR) is 350 cm³/mol. The minimum absolute atomic E-state index is 0.0290.